The zero-order chi connectivity index (χ0) is 48.0. The smallest absolute Gasteiger partial charge is 0.324 e. The Morgan fingerprint density at radius 2 is 1.87 bits per heavy atom. The van der Waals surface area contributed by atoms with Crippen molar-refractivity contribution in [3.63, 3.8) is 0 Å². The van der Waals surface area contributed by atoms with E-state index in [1.54, 1.807) is 18.2 Å². The fraction of sp³-hybridized carbons (Fsp3) is 0.528. The summed E-state index contributed by atoms with van der Waals surface area (Å²) in [7, 11) is 1.68. The number of rotatable bonds is 12. The predicted molar refractivity (Wildman–Crippen MR) is 262 cm³/mol. The molecule has 0 aliphatic carbocycles. The van der Waals surface area contributed by atoms with Crippen molar-refractivity contribution in [1.82, 2.24) is 30.1 Å². The van der Waals surface area contributed by atoms with Crippen LogP contribution in [0.15, 0.2) is 65.8 Å². The maximum atomic E-state index is 14.4. The molecule has 6 bridgehead atoms. The summed E-state index contributed by atoms with van der Waals surface area (Å²) in [6.45, 7) is 22.7. The molecule has 3 atom stereocenters. The van der Waals surface area contributed by atoms with E-state index in [-0.39, 0.29) is 61.5 Å². The van der Waals surface area contributed by atoms with E-state index in [1.165, 1.54) is 5.01 Å². The van der Waals surface area contributed by atoms with Crippen LogP contribution in [0.4, 0.5) is 0 Å². The summed E-state index contributed by atoms with van der Waals surface area (Å²) < 4.78 is 20.2. The first-order valence-electron chi connectivity index (χ1n) is 23.9. The van der Waals surface area contributed by atoms with Crippen molar-refractivity contribution in [3.8, 4) is 23.0 Å². The van der Waals surface area contributed by atoms with Crippen LogP contribution in [0.3, 0.4) is 0 Å². The van der Waals surface area contributed by atoms with Crippen molar-refractivity contribution in [2.75, 3.05) is 53.0 Å². The SMILES string of the molecule is C=C/C(=C(\N=C/C)[C@H](C)OC)c1c2c3cc(ccc3n1CC)-c1cccc(c1)C[C@H](NC(=O)CCOC1CN(C(=O)C#CC(C)(C)N3CCC3)C1)C(=O)N1CCC[C@H](N1)C(=O)OCC(C)(C)C2. The van der Waals surface area contributed by atoms with E-state index in [1.807, 2.05) is 45.9 Å². The number of aliphatic imine (C=N–C) groups is 1. The predicted octanol–water partition coefficient (Wildman–Crippen LogP) is 6.10. The Labute approximate surface area is 396 Å². The number of fused-ring (bicyclic) bond motifs is 6. The number of ether oxygens (including phenoxy) is 3. The molecule has 0 radical (unpaired) electrons. The van der Waals surface area contributed by atoms with E-state index in [0.717, 1.165) is 69.6 Å². The molecule has 67 heavy (non-hydrogen) atoms. The van der Waals surface area contributed by atoms with Crippen LogP contribution in [0.2, 0.25) is 0 Å². The second-order valence-electron chi connectivity index (χ2n) is 19.5. The molecule has 7 rings (SSSR count). The van der Waals surface area contributed by atoms with Crippen LogP contribution in [-0.2, 0) is 52.8 Å². The highest BCUT2D eigenvalue weighted by Gasteiger charge is 2.36. The van der Waals surface area contributed by atoms with E-state index < -0.39 is 23.5 Å². The third-order valence-electron chi connectivity index (χ3n) is 13.5. The summed E-state index contributed by atoms with van der Waals surface area (Å²) >= 11 is 0. The molecule has 0 saturated carbocycles. The lowest BCUT2D eigenvalue weighted by molar-refractivity contribution is -0.155. The Bertz CT molecular complexity index is 2480. The molecule has 0 unspecified atom stereocenters. The molecule has 4 aliphatic rings. The minimum atomic E-state index is -0.937. The first kappa shape index (κ1) is 49.3. The monoisotopic (exact) mass is 916 g/mol. The fourth-order valence-electron chi connectivity index (χ4n) is 9.43. The van der Waals surface area contributed by atoms with E-state index in [2.05, 4.69) is 89.7 Å². The molecule has 4 aliphatic heterocycles. The summed E-state index contributed by atoms with van der Waals surface area (Å²) in [5.41, 5.74) is 9.90. The molecule has 3 amide bonds. The van der Waals surface area contributed by atoms with Gasteiger partial charge in [-0.1, -0.05) is 62.8 Å². The number of nitrogens with zero attached hydrogens (tertiary/aromatic N) is 5. The van der Waals surface area contributed by atoms with Crippen LogP contribution in [-0.4, -0.2) is 132 Å². The van der Waals surface area contributed by atoms with E-state index in [4.69, 9.17) is 19.2 Å². The summed E-state index contributed by atoms with van der Waals surface area (Å²) in [5, 5.41) is 5.53. The lowest BCUT2D eigenvalue weighted by Crippen LogP contribution is -2.60. The van der Waals surface area contributed by atoms with Gasteiger partial charge in [-0.15, -0.1) is 0 Å². The van der Waals surface area contributed by atoms with Crippen LogP contribution in [0.5, 0.6) is 0 Å². The molecule has 3 saturated heterocycles. The molecular weight excluding hydrogens is 847 g/mol. The highest BCUT2D eigenvalue weighted by atomic mass is 16.5. The second-order valence-corrected chi connectivity index (χ2v) is 19.5. The Morgan fingerprint density at radius 1 is 1.10 bits per heavy atom. The quantitative estimate of drug-likeness (QED) is 0.0953. The van der Waals surface area contributed by atoms with Crippen molar-refractivity contribution in [1.29, 1.82) is 0 Å². The van der Waals surface area contributed by atoms with Gasteiger partial charge in [0.25, 0.3) is 11.8 Å². The minimum Gasteiger partial charge on any atom is -0.464 e. The third kappa shape index (κ3) is 11.2. The van der Waals surface area contributed by atoms with E-state index in [0.29, 0.717) is 45.4 Å². The molecule has 358 valence electrons. The number of methoxy groups -OCH3 is 1. The van der Waals surface area contributed by atoms with Crippen molar-refractivity contribution in [2.24, 2.45) is 10.4 Å². The largest absolute Gasteiger partial charge is 0.464 e. The van der Waals surface area contributed by atoms with Crippen molar-refractivity contribution < 1.29 is 33.4 Å². The summed E-state index contributed by atoms with van der Waals surface area (Å²) in [6, 6.07) is 12.9. The fourth-order valence-corrected chi connectivity index (χ4v) is 9.43. The first-order valence-corrected chi connectivity index (χ1v) is 23.9. The van der Waals surface area contributed by atoms with Crippen LogP contribution in [0.25, 0.3) is 27.6 Å². The normalized spacial score (nSPS) is 21.3. The number of nitrogens with one attached hydrogen (secondary N) is 2. The molecule has 1 aromatic heterocycles. The molecule has 3 aromatic rings. The zero-order valence-electron chi connectivity index (χ0n) is 40.7. The first-order chi connectivity index (χ1) is 32.1. The van der Waals surface area contributed by atoms with E-state index >= 15 is 0 Å². The van der Waals surface area contributed by atoms with Gasteiger partial charge < -0.3 is 29.0 Å². The number of hydrogen-bond acceptors (Lipinski definition) is 10. The number of carbonyl (C=O) groups excluding carboxylic acids is 4. The van der Waals surface area contributed by atoms with Crippen molar-refractivity contribution >= 4 is 46.4 Å². The summed E-state index contributed by atoms with van der Waals surface area (Å²) in [5.74, 6) is 4.60. The van der Waals surface area contributed by atoms with E-state index in [9.17, 15) is 19.2 Å². The third-order valence-corrected chi connectivity index (χ3v) is 13.5. The number of aromatic nitrogens is 1. The number of likely N-dealkylation sites (tertiary alicyclic amines) is 2. The van der Waals surface area contributed by atoms with Gasteiger partial charge in [0.05, 0.1) is 42.4 Å². The van der Waals surface area contributed by atoms with Gasteiger partial charge in [0.15, 0.2) is 0 Å². The van der Waals surface area contributed by atoms with Gasteiger partial charge in [-0.3, -0.25) is 34.1 Å². The Balaban J connectivity index is 1.15. The minimum absolute atomic E-state index is 0.0252. The molecule has 2 aromatic carbocycles. The number of amides is 3. The molecule has 2 N–H and O–H groups in total. The van der Waals surface area contributed by atoms with Gasteiger partial charge in [0.1, 0.15) is 12.1 Å². The van der Waals surface area contributed by atoms with Crippen LogP contribution in [0, 0.1) is 17.3 Å². The van der Waals surface area contributed by atoms with Crippen LogP contribution in [0.1, 0.15) is 91.0 Å². The zero-order valence-corrected chi connectivity index (χ0v) is 40.7. The Kier molecular flexibility index (Phi) is 15.6. The average molecular weight is 916 g/mol. The maximum absolute atomic E-state index is 14.4. The number of carbonyl (C=O) groups is 4. The molecular formula is C53H69N7O7. The number of benzene rings is 2. The molecule has 3 fully saturated rings. The van der Waals surface area contributed by atoms with Gasteiger partial charge in [0, 0.05) is 87.3 Å². The van der Waals surface area contributed by atoms with Crippen molar-refractivity contribution in [3.05, 3.63) is 77.6 Å². The van der Waals surface area contributed by atoms with Crippen LogP contribution < -0.4 is 10.7 Å². The Morgan fingerprint density at radius 3 is 2.55 bits per heavy atom. The number of aryl methyl sites for hydroxylation is 1. The van der Waals surface area contributed by atoms with Gasteiger partial charge in [-0.2, -0.15) is 0 Å². The molecule has 14 heteroatoms. The highest BCUT2D eigenvalue weighted by molar-refractivity contribution is 5.96. The van der Waals surface area contributed by atoms with Gasteiger partial charge >= 0.3 is 5.97 Å². The van der Waals surface area contributed by atoms with Gasteiger partial charge in [-0.25, -0.2) is 5.43 Å². The number of allylic oxidation sites excluding steroid dienone is 2. The standard InChI is InChI=1S/C53H69N7O7/c1-10-40(48(54-11-2)35(4)65-9)49-42-31-52(5,6)34-67-51(64)43-18-14-26-60(56-43)50(63)44(29-36-16-13-17-37(28-36)38-19-20-45(41(42)30-38)59(49)12-3)55-46(61)22-27-66-39-32-57(33-39)47(62)21-23-53(7,8)58-24-15-25-58/h10-11,13,16-17,19-20,28,30,35,39,43-44,56H,1,12,14-15,18,22,24-27,29,31-34H2,2-9H3,(H,55,61)/b48-40+,54-11-/t35-,43-,44-/m0/s1. The average Bonchev–Trinajstić information content (AvgIpc) is 3.57. The van der Waals surface area contributed by atoms with Gasteiger partial charge in [0.2, 0.25) is 5.91 Å². The lowest BCUT2D eigenvalue weighted by atomic mass is 9.84. The number of cyclic esters (lactones) is 1. The number of hydrogen-bond donors (Lipinski definition) is 2. The number of esters is 1. The second kappa shape index (κ2) is 21.1. The van der Waals surface area contributed by atoms with Gasteiger partial charge in [-0.05, 0) is 101 Å². The van der Waals surface area contributed by atoms with Crippen LogP contribution >= 0.6 is 0 Å². The summed E-state index contributed by atoms with van der Waals surface area (Å²) in [4.78, 5) is 63.3. The molecule has 14 nitrogen and oxygen atoms in total. The van der Waals surface area contributed by atoms with Crippen molar-refractivity contribution in [2.45, 2.75) is 123 Å². The Hall–Kier alpha value is -5.59. The number of hydrazine groups is 1. The summed E-state index contributed by atoms with van der Waals surface area (Å²) in [6.07, 6.45) is 6.17. The molecule has 5 heterocycles. The highest BCUT2D eigenvalue weighted by Crippen LogP contribution is 2.40. The topological polar surface area (TPSA) is 147 Å². The lowest BCUT2D eigenvalue weighted by Gasteiger charge is -2.41. The maximum Gasteiger partial charge on any atom is 0.324 e. The molecule has 0 spiro atoms.